The highest BCUT2D eigenvalue weighted by molar-refractivity contribution is 5.13. The molecule has 0 aliphatic heterocycles. The Labute approximate surface area is 58.9 Å². The summed E-state index contributed by atoms with van der Waals surface area (Å²) in [5, 5.41) is 3.40. The van der Waals surface area contributed by atoms with Crippen LogP contribution in [0.3, 0.4) is 0 Å². The van der Waals surface area contributed by atoms with E-state index < -0.39 is 0 Å². The van der Waals surface area contributed by atoms with Gasteiger partial charge in [0, 0.05) is 4.91 Å². The molecule has 0 fully saturated rings. The maximum Gasteiger partial charge on any atom is 0.0511 e. The number of hydrogen-bond acceptors (Lipinski definition) is 1. The normalized spacial score (nSPS) is 8.40. The molecule has 0 saturated heterocycles. The molecule has 3 nitrogen and oxygen atoms in total. The summed E-state index contributed by atoms with van der Waals surface area (Å²) in [4.78, 5) is 2.64. The Morgan fingerprint density at radius 2 is 2.60 bits per heavy atom. The Kier molecular flexibility index (Phi) is 2.35. The number of azide groups is 1. The van der Waals surface area contributed by atoms with E-state index >= 15 is 0 Å². The average molecular weight is 132 g/mol. The van der Waals surface area contributed by atoms with E-state index in [-0.39, 0.29) is 0 Å². The maximum absolute atomic E-state index is 7.98. The lowest BCUT2D eigenvalue weighted by Crippen LogP contribution is -1.76. The molecule has 0 aliphatic rings. The lowest BCUT2D eigenvalue weighted by Gasteiger charge is -1.89. The molecule has 1 aromatic rings. The zero-order chi connectivity index (χ0) is 7.23. The Balaban J connectivity index is 2.67. The van der Waals surface area contributed by atoms with Crippen LogP contribution in [0.2, 0.25) is 0 Å². The minimum Gasteiger partial charge on any atom is -0.0893 e. The van der Waals surface area contributed by atoms with Crippen LogP contribution in [0.4, 0.5) is 0 Å². The molecule has 3 heteroatoms. The van der Waals surface area contributed by atoms with Crippen LogP contribution >= 0.6 is 0 Å². The minimum absolute atomic E-state index is 0.411. The molecule has 1 rings (SSSR count). The van der Waals surface area contributed by atoms with Crippen molar-refractivity contribution in [2.45, 2.75) is 6.54 Å². The van der Waals surface area contributed by atoms with Crippen molar-refractivity contribution in [2.75, 3.05) is 0 Å². The van der Waals surface area contributed by atoms with Crippen LogP contribution in [0.5, 0.6) is 0 Å². The minimum atomic E-state index is 0.411. The molecule has 0 spiro atoms. The summed E-state index contributed by atoms with van der Waals surface area (Å²) in [6.07, 6.45) is 0. The summed E-state index contributed by atoms with van der Waals surface area (Å²) in [6.45, 7) is 0.411. The zero-order valence-corrected chi connectivity index (χ0v) is 5.36. The van der Waals surface area contributed by atoms with Gasteiger partial charge in [-0.15, -0.1) is 0 Å². The smallest absolute Gasteiger partial charge is 0.0511 e. The summed E-state index contributed by atoms with van der Waals surface area (Å²) in [5.74, 6) is 0. The van der Waals surface area contributed by atoms with Crippen molar-refractivity contribution < 1.29 is 0 Å². The Morgan fingerprint density at radius 3 is 3.20 bits per heavy atom. The van der Waals surface area contributed by atoms with Gasteiger partial charge < -0.3 is 0 Å². The monoisotopic (exact) mass is 132 g/mol. The summed E-state index contributed by atoms with van der Waals surface area (Å²) in [5.41, 5.74) is 8.96. The van der Waals surface area contributed by atoms with Gasteiger partial charge in [-0.05, 0) is 17.2 Å². The van der Waals surface area contributed by atoms with Crippen molar-refractivity contribution in [1.29, 1.82) is 0 Å². The van der Waals surface area contributed by atoms with Crippen LogP contribution in [-0.2, 0) is 6.54 Å². The average Bonchev–Trinajstić information content (AvgIpc) is 2.03. The van der Waals surface area contributed by atoms with E-state index in [0.717, 1.165) is 5.56 Å². The second-order valence-corrected chi connectivity index (χ2v) is 1.80. The number of rotatable bonds is 2. The topological polar surface area (TPSA) is 48.8 Å². The van der Waals surface area contributed by atoms with E-state index in [2.05, 4.69) is 16.1 Å². The van der Waals surface area contributed by atoms with Crippen LogP contribution < -0.4 is 0 Å². The molecule has 0 saturated carbocycles. The molecule has 1 aromatic carbocycles. The number of hydrogen-bond donors (Lipinski definition) is 0. The van der Waals surface area contributed by atoms with Crippen molar-refractivity contribution in [3.63, 3.8) is 0 Å². The maximum atomic E-state index is 7.98. The summed E-state index contributed by atoms with van der Waals surface area (Å²) in [6, 6.07) is 10.2. The molecular weight excluding hydrogens is 126 g/mol. The first-order valence-electron chi connectivity index (χ1n) is 2.89. The Hall–Kier alpha value is -1.47. The van der Waals surface area contributed by atoms with E-state index in [1.807, 2.05) is 12.1 Å². The Bertz CT molecular complexity index is 236. The molecule has 0 unspecified atom stereocenters. The largest absolute Gasteiger partial charge is 0.0893 e. The quantitative estimate of drug-likeness (QED) is 0.337. The Morgan fingerprint density at radius 1 is 1.70 bits per heavy atom. The van der Waals surface area contributed by atoms with Crippen LogP contribution in [0.25, 0.3) is 10.4 Å². The number of nitrogens with zero attached hydrogens (tertiary/aromatic N) is 3. The predicted octanol–water partition coefficient (Wildman–Crippen LogP) is 2.30. The van der Waals surface area contributed by atoms with Gasteiger partial charge in [0.25, 0.3) is 0 Å². The van der Waals surface area contributed by atoms with E-state index in [0.29, 0.717) is 6.54 Å². The van der Waals surface area contributed by atoms with Gasteiger partial charge >= 0.3 is 0 Å². The second-order valence-electron chi connectivity index (χ2n) is 1.80. The molecular formula is C7H6N3. The van der Waals surface area contributed by atoms with Gasteiger partial charge in [0.1, 0.15) is 0 Å². The molecule has 0 bridgehead atoms. The molecule has 0 amide bonds. The zero-order valence-electron chi connectivity index (χ0n) is 5.36. The fourth-order valence-corrected chi connectivity index (χ4v) is 0.642. The van der Waals surface area contributed by atoms with Gasteiger partial charge in [-0.1, -0.05) is 29.4 Å². The second kappa shape index (κ2) is 3.54. The molecule has 10 heavy (non-hydrogen) atoms. The van der Waals surface area contributed by atoms with E-state index in [1.165, 1.54) is 0 Å². The lowest BCUT2D eigenvalue weighted by atomic mass is 10.2. The molecule has 0 heterocycles. The standard InChI is InChI=1S/C7H6N3/c8-10-9-6-7-4-2-1-3-5-7/h1-2,4-5H,6H2. The van der Waals surface area contributed by atoms with Gasteiger partial charge in [-0.2, -0.15) is 0 Å². The summed E-state index contributed by atoms with van der Waals surface area (Å²) >= 11 is 0. The first-order chi connectivity index (χ1) is 4.93. The molecule has 1 radical (unpaired) electrons. The van der Waals surface area contributed by atoms with Crippen LogP contribution in [0.15, 0.2) is 29.4 Å². The molecule has 0 atom stereocenters. The third-order valence-electron chi connectivity index (χ3n) is 1.09. The summed E-state index contributed by atoms with van der Waals surface area (Å²) < 4.78 is 0. The van der Waals surface area contributed by atoms with Gasteiger partial charge in [0.15, 0.2) is 0 Å². The fraction of sp³-hybridized carbons (Fsp3) is 0.143. The van der Waals surface area contributed by atoms with Crippen molar-refractivity contribution in [1.82, 2.24) is 0 Å². The third-order valence-corrected chi connectivity index (χ3v) is 1.09. The van der Waals surface area contributed by atoms with Crippen LogP contribution in [0, 0.1) is 6.07 Å². The van der Waals surface area contributed by atoms with Gasteiger partial charge in [0.05, 0.1) is 6.54 Å². The van der Waals surface area contributed by atoms with Crippen molar-refractivity contribution in [3.8, 4) is 0 Å². The summed E-state index contributed by atoms with van der Waals surface area (Å²) in [7, 11) is 0. The van der Waals surface area contributed by atoms with E-state index in [1.54, 1.807) is 12.1 Å². The highest BCUT2D eigenvalue weighted by Gasteiger charge is 1.84. The third kappa shape index (κ3) is 1.80. The van der Waals surface area contributed by atoms with E-state index in [4.69, 9.17) is 5.53 Å². The molecule has 0 N–H and O–H groups in total. The fourth-order valence-electron chi connectivity index (χ4n) is 0.642. The molecule has 0 aliphatic carbocycles. The van der Waals surface area contributed by atoms with Crippen LogP contribution in [0.1, 0.15) is 5.56 Å². The van der Waals surface area contributed by atoms with E-state index in [9.17, 15) is 0 Å². The molecule has 0 aromatic heterocycles. The van der Waals surface area contributed by atoms with Gasteiger partial charge in [0.2, 0.25) is 0 Å². The SMILES string of the molecule is [N-]=[N+]=NCc1c[c]ccc1. The van der Waals surface area contributed by atoms with Gasteiger partial charge in [-0.25, -0.2) is 0 Å². The first kappa shape index (κ1) is 6.65. The highest BCUT2D eigenvalue weighted by atomic mass is 15.1. The molecule has 49 valence electrons. The predicted molar refractivity (Wildman–Crippen MR) is 38.1 cm³/mol. The lowest BCUT2D eigenvalue weighted by molar-refractivity contribution is 1.05. The van der Waals surface area contributed by atoms with Crippen molar-refractivity contribution in [3.05, 3.63) is 46.3 Å². The first-order valence-corrected chi connectivity index (χ1v) is 2.89. The van der Waals surface area contributed by atoms with Crippen LogP contribution in [-0.4, -0.2) is 0 Å². The van der Waals surface area contributed by atoms with Gasteiger partial charge in [-0.3, -0.25) is 0 Å². The van der Waals surface area contributed by atoms with Crippen molar-refractivity contribution >= 4 is 0 Å². The number of benzene rings is 1. The van der Waals surface area contributed by atoms with Crippen molar-refractivity contribution in [2.24, 2.45) is 5.11 Å². The highest BCUT2D eigenvalue weighted by Crippen LogP contribution is 1.98.